The fraction of sp³-hybridized carbons (Fsp3) is 0.333. The number of alkyl halides is 2. The molecule has 0 saturated carbocycles. The van der Waals surface area contributed by atoms with Gasteiger partial charge in [-0.15, -0.1) is 0 Å². The predicted octanol–water partition coefficient (Wildman–Crippen LogP) is 2.10. The van der Waals surface area contributed by atoms with Gasteiger partial charge in [-0.25, -0.2) is 13.6 Å². The van der Waals surface area contributed by atoms with Crippen molar-refractivity contribution in [2.24, 2.45) is 0 Å². The van der Waals surface area contributed by atoms with Crippen LogP contribution in [0.2, 0.25) is 0 Å². The molecule has 0 fully saturated rings. The van der Waals surface area contributed by atoms with Gasteiger partial charge in [-0.2, -0.15) is 0 Å². The topological polar surface area (TPSA) is 82.3 Å². The van der Waals surface area contributed by atoms with E-state index in [2.05, 4.69) is 9.72 Å². The summed E-state index contributed by atoms with van der Waals surface area (Å²) in [4.78, 5) is 23.9. The normalized spacial score (nSPS) is 10.4. The van der Waals surface area contributed by atoms with Crippen LogP contribution >= 0.6 is 0 Å². The lowest BCUT2D eigenvalue weighted by atomic mass is 10.2. The van der Waals surface area contributed by atoms with Crippen molar-refractivity contribution >= 4 is 11.8 Å². The molecule has 0 aliphatic carbocycles. The highest BCUT2D eigenvalue weighted by molar-refractivity contribution is 5.90. The summed E-state index contributed by atoms with van der Waals surface area (Å²) >= 11 is 0. The number of hydrogen-bond donors (Lipinski definition) is 0. The number of halogens is 2. The molecule has 17 heavy (non-hydrogen) atoms. The van der Waals surface area contributed by atoms with Gasteiger partial charge >= 0.3 is 18.2 Å². The zero-order valence-corrected chi connectivity index (χ0v) is 8.72. The second-order valence-corrected chi connectivity index (χ2v) is 2.92. The first-order chi connectivity index (χ1) is 7.95. The summed E-state index contributed by atoms with van der Waals surface area (Å²) < 4.78 is 29.4. The monoisotopic (exact) mass is 246 g/mol. The van der Waals surface area contributed by atoms with E-state index >= 15 is 0 Å². The molecule has 0 spiro atoms. The standard InChI is InChI=1S/C9H8F2N2O4/c1-2-17-9(14)5-3-6(8(10)11)12-7(4-5)13(15)16/h3-4,8H,2H2,1H3. The summed E-state index contributed by atoms with van der Waals surface area (Å²) in [6.07, 6.45) is -3.00. The van der Waals surface area contributed by atoms with E-state index in [-0.39, 0.29) is 12.2 Å². The van der Waals surface area contributed by atoms with Crippen LogP contribution < -0.4 is 0 Å². The Labute approximate surface area is 94.4 Å². The number of esters is 1. The highest BCUT2D eigenvalue weighted by atomic mass is 19.3. The third kappa shape index (κ3) is 3.16. The van der Waals surface area contributed by atoms with Crippen molar-refractivity contribution in [3.05, 3.63) is 33.5 Å². The van der Waals surface area contributed by atoms with Crippen molar-refractivity contribution in [1.82, 2.24) is 4.98 Å². The highest BCUT2D eigenvalue weighted by Gasteiger charge is 2.23. The third-order valence-corrected chi connectivity index (χ3v) is 1.75. The maximum atomic E-state index is 12.4. The van der Waals surface area contributed by atoms with Crippen molar-refractivity contribution in [2.45, 2.75) is 13.3 Å². The van der Waals surface area contributed by atoms with Gasteiger partial charge < -0.3 is 14.9 Å². The van der Waals surface area contributed by atoms with Crippen molar-refractivity contribution in [1.29, 1.82) is 0 Å². The molecule has 0 aliphatic rings. The van der Waals surface area contributed by atoms with Crippen LogP contribution in [-0.4, -0.2) is 22.5 Å². The van der Waals surface area contributed by atoms with E-state index < -0.39 is 28.8 Å². The van der Waals surface area contributed by atoms with Crippen LogP contribution in [0, 0.1) is 10.1 Å². The number of carbonyl (C=O) groups is 1. The van der Waals surface area contributed by atoms with E-state index in [1.54, 1.807) is 0 Å². The summed E-state index contributed by atoms with van der Waals surface area (Å²) in [6.45, 7) is 1.57. The number of nitro groups is 1. The molecule has 1 aromatic heterocycles. The van der Waals surface area contributed by atoms with Crippen LogP contribution in [0.3, 0.4) is 0 Å². The molecule has 0 atom stereocenters. The number of rotatable bonds is 4. The van der Waals surface area contributed by atoms with Crippen LogP contribution in [0.25, 0.3) is 0 Å². The first-order valence-corrected chi connectivity index (χ1v) is 4.57. The van der Waals surface area contributed by atoms with Crippen LogP contribution in [0.15, 0.2) is 12.1 Å². The average molecular weight is 246 g/mol. The van der Waals surface area contributed by atoms with E-state index in [0.717, 1.165) is 12.1 Å². The van der Waals surface area contributed by atoms with Crippen molar-refractivity contribution in [3.8, 4) is 0 Å². The molecule has 0 N–H and O–H groups in total. The minimum atomic E-state index is -3.00. The Morgan fingerprint density at radius 1 is 1.59 bits per heavy atom. The Hall–Kier alpha value is -2.12. The van der Waals surface area contributed by atoms with Crippen molar-refractivity contribution < 1.29 is 23.2 Å². The Kier molecular flexibility index (Phi) is 4.02. The molecule has 0 amide bonds. The predicted molar refractivity (Wildman–Crippen MR) is 51.8 cm³/mol. The summed E-state index contributed by atoms with van der Waals surface area (Å²) in [6, 6.07) is 1.57. The van der Waals surface area contributed by atoms with Gasteiger partial charge in [0.25, 0.3) is 0 Å². The maximum Gasteiger partial charge on any atom is 0.364 e. The van der Waals surface area contributed by atoms with Gasteiger partial charge in [0, 0.05) is 6.07 Å². The zero-order valence-electron chi connectivity index (χ0n) is 8.72. The second-order valence-electron chi connectivity index (χ2n) is 2.92. The van der Waals surface area contributed by atoms with Crippen LogP contribution in [0.5, 0.6) is 0 Å². The molecule has 0 radical (unpaired) electrons. The van der Waals surface area contributed by atoms with Gasteiger partial charge in [-0.1, -0.05) is 0 Å². The number of hydrogen-bond acceptors (Lipinski definition) is 5. The SMILES string of the molecule is CCOC(=O)c1cc(C(F)F)nc([N+](=O)[O-])c1. The minimum Gasteiger partial charge on any atom is -0.462 e. The minimum absolute atomic E-state index is 0.0406. The Morgan fingerprint density at radius 2 is 2.24 bits per heavy atom. The Bertz CT molecular complexity index is 451. The van der Waals surface area contributed by atoms with E-state index in [4.69, 9.17) is 0 Å². The molecule has 8 heteroatoms. The summed E-state index contributed by atoms with van der Waals surface area (Å²) in [5.41, 5.74) is -1.15. The summed E-state index contributed by atoms with van der Waals surface area (Å²) in [5.74, 6) is -1.72. The van der Waals surface area contributed by atoms with E-state index in [9.17, 15) is 23.7 Å². The van der Waals surface area contributed by atoms with Crippen LogP contribution in [-0.2, 0) is 4.74 Å². The molecule has 92 valence electrons. The molecule has 0 aliphatic heterocycles. The number of pyridine rings is 1. The highest BCUT2D eigenvalue weighted by Crippen LogP contribution is 2.22. The number of aromatic nitrogens is 1. The fourth-order valence-electron chi connectivity index (χ4n) is 1.07. The summed E-state index contributed by atoms with van der Waals surface area (Å²) in [5, 5.41) is 10.5. The van der Waals surface area contributed by atoms with Crippen LogP contribution in [0.1, 0.15) is 29.4 Å². The molecule has 0 saturated heterocycles. The molecule has 0 unspecified atom stereocenters. The Balaban J connectivity index is 3.21. The van der Waals surface area contributed by atoms with E-state index in [1.165, 1.54) is 6.92 Å². The van der Waals surface area contributed by atoms with Gasteiger partial charge in [0.2, 0.25) is 5.69 Å². The van der Waals surface area contributed by atoms with E-state index in [0.29, 0.717) is 0 Å². The van der Waals surface area contributed by atoms with E-state index in [1.807, 2.05) is 0 Å². The van der Waals surface area contributed by atoms with Gasteiger partial charge in [-0.05, 0) is 16.8 Å². The van der Waals surface area contributed by atoms with Gasteiger partial charge in [-0.3, -0.25) is 0 Å². The lowest BCUT2D eigenvalue weighted by Gasteiger charge is -2.02. The van der Waals surface area contributed by atoms with Gasteiger partial charge in [0.15, 0.2) is 0 Å². The van der Waals surface area contributed by atoms with Crippen molar-refractivity contribution in [2.75, 3.05) is 6.61 Å². The number of carbonyl (C=O) groups excluding carboxylic acids is 1. The maximum absolute atomic E-state index is 12.4. The molecule has 1 rings (SSSR count). The molecular weight excluding hydrogens is 238 g/mol. The van der Waals surface area contributed by atoms with Gasteiger partial charge in [0.1, 0.15) is 0 Å². The third-order valence-electron chi connectivity index (χ3n) is 1.75. The number of nitrogens with zero attached hydrogens (tertiary/aromatic N) is 2. The second kappa shape index (κ2) is 5.28. The number of ether oxygens (including phenoxy) is 1. The average Bonchev–Trinajstić information content (AvgIpc) is 2.28. The van der Waals surface area contributed by atoms with Gasteiger partial charge in [0.05, 0.1) is 18.2 Å². The first kappa shape index (κ1) is 12.9. The van der Waals surface area contributed by atoms with Crippen molar-refractivity contribution in [3.63, 3.8) is 0 Å². The fourth-order valence-corrected chi connectivity index (χ4v) is 1.07. The molecular formula is C9H8F2N2O4. The smallest absolute Gasteiger partial charge is 0.364 e. The quantitative estimate of drug-likeness (QED) is 0.461. The van der Waals surface area contributed by atoms with Crippen LogP contribution in [0.4, 0.5) is 14.6 Å². The molecule has 1 heterocycles. The largest absolute Gasteiger partial charge is 0.462 e. The first-order valence-electron chi connectivity index (χ1n) is 4.57. The molecule has 0 bridgehead atoms. The summed E-state index contributed by atoms with van der Waals surface area (Å²) in [7, 11) is 0. The molecule has 0 aromatic carbocycles. The molecule has 6 nitrogen and oxygen atoms in total. The lowest BCUT2D eigenvalue weighted by molar-refractivity contribution is -0.389. The Morgan fingerprint density at radius 3 is 2.71 bits per heavy atom. The zero-order chi connectivity index (χ0) is 13.0. The molecule has 1 aromatic rings. The lowest BCUT2D eigenvalue weighted by Crippen LogP contribution is -2.08.